The van der Waals surface area contributed by atoms with Gasteiger partial charge in [0.2, 0.25) is 0 Å². The largest absolute Gasteiger partial charge is 0.379 e. The number of nitrogens with one attached hydrogen (secondary N) is 3. The molecule has 0 unspecified atom stereocenters. The van der Waals surface area contributed by atoms with Crippen LogP contribution < -0.4 is 16.4 Å². The highest BCUT2D eigenvalue weighted by Crippen LogP contribution is 2.13. The van der Waals surface area contributed by atoms with Crippen LogP contribution in [-0.2, 0) is 6.54 Å². The van der Waals surface area contributed by atoms with Gasteiger partial charge in [-0.3, -0.25) is 5.10 Å². The van der Waals surface area contributed by atoms with Gasteiger partial charge in [0, 0.05) is 17.6 Å². The van der Waals surface area contributed by atoms with Crippen LogP contribution in [0.15, 0.2) is 36.5 Å². The smallest absolute Gasteiger partial charge is 0.316 e. The summed E-state index contributed by atoms with van der Waals surface area (Å²) in [6, 6.07) is 8.61. The van der Waals surface area contributed by atoms with Crippen molar-refractivity contribution in [2.24, 2.45) is 5.73 Å². The van der Waals surface area contributed by atoms with E-state index in [0.29, 0.717) is 12.2 Å². The van der Waals surface area contributed by atoms with E-state index in [9.17, 15) is 4.79 Å². The number of nitrogens with two attached hydrogens (primary N) is 1. The van der Waals surface area contributed by atoms with Crippen molar-refractivity contribution in [2.45, 2.75) is 6.54 Å². The summed E-state index contributed by atoms with van der Waals surface area (Å²) >= 11 is 0. The van der Waals surface area contributed by atoms with Crippen molar-refractivity contribution in [3.63, 3.8) is 0 Å². The average molecular weight is 231 g/mol. The number of carbonyl (C=O) groups excluding carboxylic acids is 1. The summed E-state index contributed by atoms with van der Waals surface area (Å²) in [6.07, 6.45) is 1.71. The Morgan fingerprint density at radius 3 is 2.53 bits per heavy atom. The molecule has 17 heavy (non-hydrogen) atoms. The number of primary amides is 1. The molecule has 0 saturated carbocycles. The second-order valence-electron chi connectivity index (χ2n) is 3.50. The molecule has 0 aliphatic rings. The van der Waals surface area contributed by atoms with E-state index in [0.717, 1.165) is 11.4 Å². The molecule has 0 spiro atoms. The van der Waals surface area contributed by atoms with Crippen LogP contribution in [0.3, 0.4) is 0 Å². The zero-order valence-electron chi connectivity index (χ0n) is 9.10. The average Bonchev–Trinajstić information content (AvgIpc) is 2.80. The molecule has 6 heteroatoms. The number of rotatable bonds is 4. The fourth-order valence-corrected chi connectivity index (χ4v) is 1.39. The molecular formula is C11H13N5O. The highest BCUT2D eigenvalue weighted by atomic mass is 16.2. The van der Waals surface area contributed by atoms with Crippen molar-refractivity contribution < 1.29 is 4.79 Å². The normalized spacial score (nSPS) is 9.88. The van der Waals surface area contributed by atoms with Gasteiger partial charge in [0.25, 0.3) is 0 Å². The molecule has 0 radical (unpaired) electrons. The van der Waals surface area contributed by atoms with Crippen LogP contribution in [0, 0.1) is 0 Å². The highest BCUT2D eigenvalue weighted by Gasteiger charge is 1.97. The van der Waals surface area contributed by atoms with Crippen molar-refractivity contribution in [3.8, 4) is 0 Å². The quantitative estimate of drug-likeness (QED) is 0.642. The Hall–Kier alpha value is -2.50. The first-order valence-electron chi connectivity index (χ1n) is 5.13. The minimum Gasteiger partial charge on any atom is -0.379 e. The predicted octanol–water partition coefficient (Wildman–Crippen LogP) is 1.51. The van der Waals surface area contributed by atoms with Gasteiger partial charge in [0.15, 0.2) is 0 Å². The van der Waals surface area contributed by atoms with E-state index >= 15 is 0 Å². The lowest BCUT2D eigenvalue weighted by molar-refractivity contribution is 0.259. The van der Waals surface area contributed by atoms with Gasteiger partial charge in [0.1, 0.15) is 0 Å². The Morgan fingerprint density at radius 1 is 1.24 bits per heavy atom. The van der Waals surface area contributed by atoms with E-state index in [1.165, 1.54) is 0 Å². The molecule has 0 atom stereocenters. The van der Waals surface area contributed by atoms with Gasteiger partial charge in [-0.25, -0.2) is 4.79 Å². The summed E-state index contributed by atoms with van der Waals surface area (Å²) in [5.41, 5.74) is 7.64. The second kappa shape index (κ2) is 5.02. The van der Waals surface area contributed by atoms with Gasteiger partial charge in [0.05, 0.1) is 12.2 Å². The van der Waals surface area contributed by atoms with Crippen molar-refractivity contribution >= 4 is 17.4 Å². The number of benzene rings is 1. The Labute approximate surface area is 98.2 Å². The molecule has 5 N–H and O–H groups in total. The van der Waals surface area contributed by atoms with Crippen LogP contribution in [-0.4, -0.2) is 16.2 Å². The Bertz CT molecular complexity index is 477. The molecule has 0 fully saturated rings. The Morgan fingerprint density at radius 2 is 1.94 bits per heavy atom. The molecule has 0 aliphatic heterocycles. The molecule has 0 aliphatic carbocycles. The molecule has 0 saturated heterocycles. The summed E-state index contributed by atoms with van der Waals surface area (Å²) < 4.78 is 0. The third-order valence-corrected chi connectivity index (χ3v) is 2.19. The molecule has 2 rings (SSSR count). The maximum Gasteiger partial charge on any atom is 0.316 e. The van der Waals surface area contributed by atoms with Crippen LogP contribution in [0.2, 0.25) is 0 Å². The van der Waals surface area contributed by atoms with Gasteiger partial charge in [-0.05, 0) is 30.3 Å². The van der Waals surface area contributed by atoms with Crippen LogP contribution in [0.4, 0.5) is 16.2 Å². The maximum atomic E-state index is 10.6. The third kappa shape index (κ3) is 3.23. The number of hydrogen-bond acceptors (Lipinski definition) is 3. The number of nitrogens with zero attached hydrogens (tertiary/aromatic N) is 1. The molecule has 2 amide bonds. The van der Waals surface area contributed by atoms with E-state index in [1.54, 1.807) is 18.3 Å². The number of anilines is 2. The highest BCUT2D eigenvalue weighted by molar-refractivity contribution is 5.87. The summed E-state index contributed by atoms with van der Waals surface area (Å²) in [7, 11) is 0. The zero-order valence-corrected chi connectivity index (χ0v) is 9.10. The number of hydrogen-bond donors (Lipinski definition) is 4. The first-order chi connectivity index (χ1) is 8.24. The minimum absolute atomic E-state index is 0.567. The van der Waals surface area contributed by atoms with Gasteiger partial charge in [-0.2, -0.15) is 5.10 Å². The number of urea groups is 1. The van der Waals surface area contributed by atoms with Crippen LogP contribution in [0.5, 0.6) is 0 Å². The number of H-pyrrole nitrogens is 1. The molecule has 6 nitrogen and oxygen atoms in total. The summed E-state index contributed by atoms with van der Waals surface area (Å²) in [5.74, 6) is 0. The lowest BCUT2D eigenvalue weighted by Gasteiger charge is -2.06. The lowest BCUT2D eigenvalue weighted by atomic mass is 10.2. The first kappa shape index (κ1) is 11.0. The topological polar surface area (TPSA) is 95.8 Å². The van der Waals surface area contributed by atoms with E-state index < -0.39 is 6.03 Å². The molecular weight excluding hydrogens is 218 g/mol. The lowest BCUT2D eigenvalue weighted by Crippen LogP contribution is -2.19. The zero-order chi connectivity index (χ0) is 12.1. The van der Waals surface area contributed by atoms with E-state index in [4.69, 9.17) is 5.73 Å². The van der Waals surface area contributed by atoms with Crippen molar-refractivity contribution in [1.29, 1.82) is 0 Å². The van der Waals surface area contributed by atoms with E-state index in [-0.39, 0.29) is 0 Å². The fraction of sp³-hybridized carbons (Fsp3) is 0.0909. The molecule has 88 valence electrons. The fourth-order valence-electron chi connectivity index (χ4n) is 1.39. The summed E-state index contributed by atoms with van der Waals surface area (Å²) in [6.45, 7) is 0.669. The Balaban J connectivity index is 1.91. The van der Waals surface area contributed by atoms with Crippen molar-refractivity contribution in [1.82, 2.24) is 10.2 Å². The molecule has 0 bridgehead atoms. The third-order valence-electron chi connectivity index (χ3n) is 2.19. The van der Waals surface area contributed by atoms with Crippen LogP contribution in [0.1, 0.15) is 5.69 Å². The molecule has 2 aromatic rings. The second-order valence-corrected chi connectivity index (χ2v) is 3.50. The van der Waals surface area contributed by atoms with Gasteiger partial charge < -0.3 is 16.4 Å². The molecule has 1 heterocycles. The van der Waals surface area contributed by atoms with Gasteiger partial charge >= 0.3 is 6.03 Å². The van der Waals surface area contributed by atoms with Gasteiger partial charge in [-0.15, -0.1) is 0 Å². The van der Waals surface area contributed by atoms with E-state index in [2.05, 4.69) is 20.8 Å². The monoisotopic (exact) mass is 231 g/mol. The molecule has 1 aromatic carbocycles. The number of carbonyl (C=O) groups is 1. The van der Waals surface area contributed by atoms with E-state index in [1.807, 2.05) is 18.2 Å². The molecule has 1 aromatic heterocycles. The van der Waals surface area contributed by atoms with Crippen LogP contribution >= 0.6 is 0 Å². The summed E-state index contributed by atoms with van der Waals surface area (Å²) in [5, 5.41) is 12.4. The number of aromatic nitrogens is 2. The minimum atomic E-state index is -0.567. The summed E-state index contributed by atoms with van der Waals surface area (Å²) in [4.78, 5) is 10.6. The Kier molecular flexibility index (Phi) is 3.25. The van der Waals surface area contributed by atoms with Crippen molar-refractivity contribution in [2.75, 3.05) is 10.6 Å². The number of amides is 2. The maximum absolute atomic E-state index is 10.6. The number of aromatic amines is 1. The van der Waals surface area contributed by atoms with Crippen molar-refractivity contribution in [3.05, 3.63) is 42.2 Å². The SMILES string of the molecule is NC(=O)Nc1ccc(NCc2ccn[nH]2)cc1. The standard InChI is InChI=1S/C11H13N5O/c12-11(17)15-9-3-1-8(2-4-9)13-7-10-5-6-14-16-10/h1-6,13H,7H2,(H,14,16)(H3,12,15,17). The first-order valence-corrected chi connectivity index (χ1v) is 5.13. The van der Waals surface area contributed by atoms with Crippen LogP contribution in [0.25, 0.3) is 0 Å². The van der Waals surface area contributed by atoms with Gasteiger partial charge in [-0.1, -0.05) is 0 Å². The predicted molar refractivity (Wildman–Crippen MR) is 65.6 cm³/mol.